The summed E-state index contributed by atoms with van der Waals surface area (Å²) in [5.74, 6) is 0.774. The second-order valence-electron chi connectivity index (χ2n) is 5.50. The number of hydrogen-bond acceptors (Lipinski definition) is 2. The van der Waals surface area contributed by atoms with E-state index in [-0.39, 0.29) is 0 Å². The molecule has 100 valence electrons. The Morgan fingerprint density at radius 1 is 1.22 bits per heavy atom. The average molecular weight is 247 g/mol. The molecule has 2 heteroatoms. The lowest BCUT2D eigenvalue weighted by molar-refractivity contribution is 0.0760. The molecule has 1 N–H and O–H groups in total. The second kappa shape index (κ2) is 6.91. The van der Waals surface area contributed by atoms with Crippen LogP contribution in [0.1, 0.15) is 44.6 Å². The summed E-state index contributed by atoms with van der Waals surface area (Å²) in [7, 11) is 0. The zero-order valence-electron chi connectivity index (χ0n) is 11.6. The highest BCUT2D eigenvalue weighted by molar-refractivity contribution is 5.22. The van der Waals surface area contributed by atoms with Gasteiger partial charge >= 0.3 is 0 Å². The summed E-state index contributed by atoms with van der Waals surface area (Å²) in [5.41, 5.74) is 1.50. The number of benzene rings is 1. The van der Waals surface area contributed by atoms with Crippen molar-refractivity contribution in [2.24, 2.45) is 0 Å². The Morgan fingerprint density at radius 2 is 1.94 bits per heavy atom. The summed E-state index contributed by atoms with van der Waals surface area (Å²) in [6.07, 6.45) is 4.05. The smallest absolute Gasteiger partial charge is 0.0518 e. The lowest BCUT2D eigenvalue weighted by Crippen LogP contribution is -2.40. The van der Waals surface area contributed by atoms with Gasteiger partial charge in [0, 0.05) is 12.6 Å². The van der Waals surface area contributed by atoms with E-state index in [0.29, 0.717) is 12.1 Å². The van der Waals surface area contributed by atoms with Crippen molar-refractivity contribution < 1.29 is 4.74 Å². The summed E-state index contributed by atoms with van der Waals surface area (Å²) >= 11 is 0. The Balaban J connectivity index is 1.54. The first-order chi connectivity index (χ1) is 8.75. The first-order valence-electron chi connectivity index (χ1n) is 7.15. The van der Waals surface area contributed by atoms with Crippen molar-refractivity contribution in [3.63, 3.8) is 0 Å². The minimum Gasteiger partial charge on any atom is -0.379 e. The monoisotopic (exact) mass is 247 g/mol. The molecule has 0 saturated heterocycles. The Hall–Kier alpha value is -0.860. The van der Waals surface area contributed by atoms with E-state index in [1.807, 2.05) is 0 Å². The van der Waals surface area contributed by atoms with Gasteiger partial charge in [0.05, 0.1) is 6.10 Å². The normalized spacial score (nSPS) is 23.1. The molecule has 0 atom stereocenters. The van der Waals surface area contributed by atoms with Gasteiger partial charge < -0.3 is 10.1 Å². The van der Waals surface area contributed by atoms with Crippen LogP contribution < -0.4 is 5.32 Å². The van der Waals surface area contributed by atoms with Crippen molar-refractivity contribution in [2.45, 2.75) is 51.2 Å². The molecular weight excluding hydrogens is 222 g/mol. The molecule has 1 fully saturated rings. The predicted molar refractivity (Wildman–Crippen MR) is 75.9 cm³/mol. The first-order valence-corrected chi connectivity index (χ1v) is 7.15. The van der Waals surface area contributed by atoms with Crippen molar-refractivity contribution in [2.75, 3.05) is 13.2 Å². The van der Waals surface area contributed by atoms with E-state index in [1.165, 1.54) is 18.4 Å². The molecule has 1 saturated carbocycles. The van der Waals surface area contributed by atoms with Crippen molar-refractivity contribution in [1.82, 2.24) is 5.32 Å². The Bertz CT molecular complexity index is 330. The molecule has 18 heavy (non-hydrogen) atoms. The molecule has 1 aliphatic rings. The third kappa shape index (κ3) is 4.11. The van der Waals surface area contributed by atoms with Gasteiger partial charge in [-0.1, -0.05) is 30.3 Å². The first kappa shape index (κ1) is 13.6. The molecular formula is C16H25NO. The van der Waals surface area contributed by atoms with Gasteiger partial charge in [-0.05, 0) is 51.1 Å². The van der Waals surface area contributed by atoms with E-state index < -0.39 is 0 Å². The van der Waals surface area contributed by atoms with Crippen LogP contribution in [-0.4, -0.2) is 25.3 Å². The number of rotatable bonds is 7. The molecule has 2 rings (SSSR count). The summed E-state index contributed by atoms with van der Waals surface area (Å²) in [6.45, 7) is 6.13. The zero-order valence-corrected chi connectivity index (χ0v) is 11.6. The second-order valence-corrected chi connectivity index (χ2v) is 5.50. The molecule has 0 aliphatic heterocycles. The predicted octanol–water partition coefficient (Wildman–Crippen LogP) is 3.34. The van der Waals surface area contributed by atoms with Crippen molar-refractivity contribution in [3.8, 4) is 0 Å². The van der Waals surface area contributed by atoms with Crippen LogP contribution >= 0.6 is 0 Å². The number of nitrogens with one attached hydrogen (secondary N) is 1. The van der Waals surface area contributed by atoms with Gasteiger partial charge in [0.15, 0.2) is 0 Å². The zero-order chi connectivity index (χ0) is 12.8. The van der Waals surface area contributed by atoms with Crippen molar-refractivity contribution >= 4 is 0 Å². The van der Waals surface area contributed by atoms with Gasteiger partial charge in [-0.2, -0.15) is 0 Å². The molecule has 1 aromatic rings. The molecule has 0 bridgehead atoms. The van der Waals surface area contributed by atoms with Crippen molar-refractivity contribution in [1.29, 1.82) is 0 Å². The van der Waals surface area contributed by atoms with Gasteiger partial charge in [-0.25, -0.2) is 0 Å². The summed E-state index contributed by atoms with van der Waals surface area (Å²) in [6, 6.07) is 11.6. The van der Waals surface area contributed by atoms with Crippen LogP contribution in [0, 0.1) is 0 Å². The molecule has 0 amide bonds. The minimum atomic E-state index is 0.358. The van der Waals surface area contributed by atoms with Gasteiger partial charge in [0.1, 0.15) is 0 Å². The van der Waals surface area contributed by atoms with E-state index >= 15 is 0 Å². The standard InChI is InChI=1S/C16H25NO/c1-13(2)18-10-6-9-17-16-11-15(12-16)14-7-4-3-5-8-14/h3-5,7-8,13,15-17H,6,9-12H2,1-2H3. The Kier molecular flexibility index (Phi) is 5.21. The maximum absolute atomic E-state index is 5.53. The van der Waals surface area contributed by atoms with E-state index in [2.05, 4.69) is 49.5 Å². The largest absolute Gasteiger partial charge is 0.379 e. The Labute approximate surface area is 111 Å². The third-order valence-electron chi connectivity index (χ3n) is 3.61. The van der Waals surface area contributed by atoms with Gasteiger partial charge in [0.25, 0.3) is 0 Å². The maximum Gasteiger partial charge on any atom is 0.0518 e. The molecule has 1 aliphatic carbocycles. The van der Waals surface area contributed by atoms with Crippen molar-refractivity contribution in [3.05, 3.63) is 35.9 Å². The number of hydrogen-bond donors (Lipinski definition) is 1. The summed E-state index contributed by atoms with van der Waals surface area (Å²) in [5, 5.41) is 3.61. The highest BCUT2D eigenvalue weighted by atomic mass is 16.5. The fourth-order valence-electron chi connectivity index (χ4n) is 2.48. The van der Waals surface area contributed by atoms with E-state index in [4.69, 9.17) is 4.74 Å². The van der Waals surface area contributed by atoms with Crippen LogP contribution in [0.15, 0.2) is 30.3 Å². The lowest BCUT2D eigenvalue weighted by Gasteiger charge is -2.36. The minimum absolute atomic E-state index is 0.358. The molecule has 1 aromatic carbocycles. The molecule has 0 aromatic heterocycles. The topological polar surface area (TPSA) is 21.3 Å². The van der Waals surface area contributed by atoms with Gasteiger partial charge in [-0.15, -0.1) is 0 Å². The third-order valence-corrected chi connectivity index (χ3v) is 3.61. The SMILES string of the molecule is CC(C)OCCCNC1CC(c2ccccc2)C1. The van der Waals surface area contributed by atoms with E-state index in [1.54, 1.807) is 0 Å². The quantitative estimate of drug-likeness (QED) is 0.746. The van der Waals surface area contributed by atoms with Crippen LogP contribution in [0.25, 0.3) is 0 Å². The van der Waals surface area contributed by atoms with Crippen LogP contribution in [0.4, 0.5) is 0 Å². The van der Waals surface area contributed by atoms with E-state index in [9.17, 15) is 0 Å². The van der Waals surface area contributed by atoms with Gasteiger partial charge in [-0.3, -0.25) is 0 Å². The molecule has 0 radical (unpaired) electrons. The van der Waals surface area contributed by atoms with Crippen LogP contribution in [0.5, 0.6) is 0 Å². The molecule has 0 spiro atoms. The highest BCUT2D eigenvalue weighted by Crippen LogP contribution is 2.36. The number of ether oxygens (including phenoxy) is 1. The van der Waals surface area contributed by atoms with Crippen LogP contribution in [0.2, 0.25) is 0 Å². The van der Waals surface area contributed by atoms with Crippen LogP contribution in [0.3, 0.4) is 0 Å². The summed E-state index contributed by atoms with van der Waals surface area (Å²) < 4.78 is 5.53. The molecule has 0 unspecified atom stereocenters. The van der Waals surface area contributed by atoms with E-state index in [0.717, 1.165) is 25.5 Å². The molecule has 2 nitrogen and oxygen atoms in total. The fourth-order valence-corrected chi connectivity index (χ4v) is 2.48. The van der Waals surface area contributed by atoms with Crippen LogP contribution in [-0.2, 0) is 4.74 Å². The lowest BCUT2D eigenvalue weighted by atomic mass is 9.76. The average Bonchev–Trinajstić information content (AvgIpc) is 2.32. The summed E-state index contributed by atoms with van der Waals surface area (Å²) in [4.78, 5) is 0. The highest BCUT2D eigenvalue weighted by Gasteiger charge is 2.29. The molecule has 0 heterocycles. The Morgan fingerprint density at radius 3 is 2.61 bits per heavy atom. The maximum atomic E-state index is 5.53. The fraction of sp³-hybridized carbons (Fsp3) is 0.625. The van der Waals surface area contributed by atoms with Gasteiger partial charge in [0.2, 0.25) is 0 Å².